The Balaban J connectivity index is 1.79. The first-order valence-electron chi connectivity index (χ1n) is 6.97. The van der Waals surface area contributed by atoms with Gasteiger partial charge in [-0.15, -0.1) is 0 Å². The summed E-state index contributed by atoms with van der Waals surface area (Å²) in [6, 6.07) is 9.15. The first-order chi connectivity index (χ1) is 11.5. The molecule has 0 amide bonds. The Morgan fingerprint density at radius 2 is 1.88 bits per heavy atom. The summed E-state index contributed by atoms with van der Waals surface area (Å²) >= 11 is 0. The molecule has 0 saturated carbocycles. The maximum atomic E-state index is 10.7. The number of aromatic nitrogens is 4. The van der Waals surface area contributed by atoms with Crippen LogP contribution in [0.1, 0.15) is 5.69 Å². The van der Waals surface area contributed by atoms with Crippen molar-refractivity contribution in [1.82, 2.24) is 19.9 Å². The Kier molecular flexibility index (Phi) is 3.98. The number of nitrogens with two attached hydrogens (primary N) is 1. The molecule has 9 heteroatoms. The number of hydrogen-bond acceptors (Lipinski definition) is 8. The molecule has 3 aromatic rings. The number of rotatable bonds is 4. The van der Waals surface area contributed by atoms with Gasteiger partial charge >= 0.3 is 5.69 Å². The molecule has 120 valence electrons. The van der Waals surface area contributed by atoms with E-state index in [-0.39, 0.29) is 17.5 Å². The van der Waals surface area contributed by atoms with Crippen LogP contribution in [0.25, 0.3) is 11.4 Å². The normalized spacial score (nSPS) is 10.4. The largest absolute Gasteiger partial charge is 0.378 e. The molecule has 0 aliphatic rings. The van der Waals surface area contributed by atoms with Gasteiger partial charge in [0, 0.05) is 23.1 Å². The lowest BCUT2D eigenvalue weighted by atomic mass is 10.2. The molecule has 0 saturated heterocycles. The highest BCUT2D eigenvalue weighted by Crippen LogP contribution is 2.22. The molecule has 2 heterocycles. The van der Waals surface area contributed by atoms with Crippen molar-refractivity contribution in [3.63, 3.8) is 0 Å². The highest BCUT2D eigenvalue weighted by Gasteiger charge is 2.14. The van der Waals surface area contributed by atoms with Crippen molar-refractivity contribution >= 4 is 23.1 Å². The lowest BCUT2D eigenvalue weighted by molar-refractivity contribution is -0.384. The molecule has 0 spiro atoms. The fourth-order valence-corrected chi connectivity index (χ4v) is 2.01. The molecule has 0 bridgehead atoms. The van der Waals surface area contributed by atoms with Crippen LogP contribution in [0, 0.1) is 17.0 Å². The second-order valence-corrected chi connectivity index (χ2v) is 4.95. The number of anilines is 3. The first-order valence-corrected chi connectivity index (χ1v) is 6.97. The third-order valence-corrected chi connectivity index (χ3v) is 3.19. The summed E-state index contributed by atoms with van der Waals surface area (Å²) in [5.41, 5.74) is 7.68. The standard InChI is InChI=1S/C15H13N7O2/c1-9-6-7-17-14(19-9)10-2-4-11(5-3-10)20-15-18-8-12(22(23)24)13(16)21-15/h2-8H,1H3,(H3,16,18,20,21). The lowest BCUT2D eigenvalue weighted by Gasteiger charge is -2.06. The number of hydrogen-bond donors (Lipinski definition) is 2. The van der Waals surface area contributed by atoms with Crippen molar-refractivity contribution in [3.05, 3.63) is 58.5 Å². The van der Waals surface area contributed by atoms with Gasteiger partial charge in [-0.1, -0.05) is 0 Å². The highest BCUT2D eigenvalue weighted by molar-refractivity contribution is 5.63. The second kappa shape index (κ2) is 6.24. The van der Waals surface area contributed by atoms with Crippen molar-refractivity contribution in [3.8, 4) is 11.4 Å². The number of nitro groups is 1. The van der Waals surface area contributed by atoms with Gasteiger partial charge in [0.15, 0.2) is 5.82 Å². The Bertz CT molecular complexity index is 897. The summed E-state index contributed by atoms with van der Waals surface area (Å²) in [6.07, 6.45) is 2.77. The van der Waals surface area contributed by atoms with E-state index < -0.39 is 4.92 Å². The molecule has 0 radical (unpaired) electrons. The predicted octanol–water partition coefficient (Wildman–Crippen LogP) is 2.48. The van der Waals surface area contributed by atoms with E-state index in [1.165, 1.54) is 0 Å². The van der Waals surface area contributed by atoms with Crippen LogP contribution in [0.15, 0.2) is 42.7 Å². The maximum Gasteiger partial charge on any atom is 0.329 e. The minimum atomic E-state index is -0.629. The first kappa shape index (κ1) is 15.3. The van der Waals surface area contributed by atoms with E-state index in [4.69, 9.17) is 5.73 Å². The summed E-state index contributed by atoms with van der Waals surface area (Å²) in [7, 11) is 0. The molecular weight excluding hydrogens is 310 g/mol. The van der Waals surface area contributed by atoms with Crippen LogP contribution in [0.4, 0.5) is 23.1 Å². The van der Waals surface area contributed by atoms with E-state index in [2.05, 4.69) is 25.3 Å². The van der Waals surface area contributed by atoms with Crippen LogP contribution in [0.2, 0.25) is 0 Å². The van der Waals surface area contributed by atoms with Gasteiger partial charge in [0.2, 0.25) is 11.8 Å². The Morgan fingerprint density at radius 3 is 2.50 bits per heavy atom. The average Bonchev–Trinajstić information content (AvgIpc) is 2.55. The summed E-state index contributed by atoms with van der Waals surface area (Å²) in [5.74, 6) is 0.623. The molecule has 0 unspecified atom stereocenters. The lowest BCUT2D eigenvalue weighted by Crippen LogP contribution is -2.03. The van der Waals surface area contributed by atoms with E-state index in [9.17, 15) is 10.1 Å². The van der Waals surface area contributed by atoms with Crippen LogP contribution in [-0.2, 0) is 0 Å². The van der Waals surface area contributed by atoms with Crippen molar-refractivity contribution in [2.45, 2.75) is 6.92 Å². The van der Waals surface area contributed by atoms with Gasteiger partial charge in [0.25, 0.3) is 0 Å². The fraction of sp³-hybridized carbons (Fsp3) is 0.0667. The van der Waals surface area contributed by atoms with Crippen molar-refractivity contribution in [1.29, 1.82) is 0 Å². The van der Waals surface area contributed by atoms with Crippen LogP contribution < -0.4 is 11.1 Å². The zero-order chi connectivity index (χ0) is 17.1. The molecule has 2 aromatic heterocycles. The smallest absolute Gasteiger partial charge is 0.329 e. The van der Waals surface area contributed by atoms with Gasteiger partial charge in [0.1, 0.15) is 6.20 Å². The minimum Gasteiger partial charge on any atom is -0.378 e. The van der Waals surface area contributed by atoms with Gasteiger partial charge in [-0.3, -0.25) is 10.1 Å². The summed E-state index contributed by atoms with van der Waals surface area (Å²) in [5, 5.41) is 13.6. The molecular formula is C15H13N7O2. The van der Waals surface area contributed by atoms with Crippen LogP contribution in [0.5, 0.6) is 0 Å². The van der Waals surface area contributed by atoms with Crippen LogP contribution in [0.3, 0.4) is 0 Å². The topological polar surface area (TPSA) is 133 Å². The molecule has 3 rings (SSSR count). The monoisotopic (exact) mass is 323 g/mol. The molecule has 1 aromatic carbocycles. The van der Waals surface area contributed by atoms with Crippen LogP contribution >= 0.6 is 0 Å². The molecule has 0 aliphatic heterocycles. The molecule has 0 aliphatic carbocycles. The Morgan fingerprint density at radius 1 is 1.12 bits per heavy atom. The van der Waals surface area contributed by atoms with Gasteiger partial charge in [0.05, 0.1) is 4.92 Å². The Hall–Kier alpha value is -3.62. The number of nitrogens with zero attached hydrogens (tertiary/aromatic N) is 5. The quantitative estimate of drug-likeness (QED) is 0.552. The summed E-state index contributed by atoms with van der Waals surface area (Å²) in [4.78, 5) is 26.4. The molecule has 9 nitrogen and oxygen atoms in total. The molecule has 24 heavy (non-hydrogen) atoms. The maximum absolute atomic E-state index is 10.7. The van der Waals surface area contributed by atoms with E-state index >= 15 is 0 Å². The average molecular weight is 323 g/mol. The van der Waals surface area contributed by atoms with E-state index in [0.717, 1.165) is 17.5 Å². The van der Waals surface area contributed by atoms with Crippen LogP contribution in [-0.4, -0.2) is 24.9 Å². The van der Waals surface area contributed by atoms with Crippen molar-refractivity contribution < 1.29 is 4.92 Å². The number of benzene rings is 1. The predicted molar refractivity (Wildman–Crippen MR) is 88.6 cm³/mol. The Labute approximate surface area is 136 Å². The van der Waals surface area contributed by atoms with E-state index in [0.29, 0.717) is 11.5 Å². The number of aryl methyl sites for hydroxylation is 1. The SMILES string of the molecule is Cc1ccnc(-c2ccc(Nc3ncc([N+](=O)[O-])c(N)n3)cc2)n1. The van der Waals surface area contributed by atoms with E-state index in [1.54, 1.807) is 6.20 Å². The second-order valence-electron chi connectivity index (χ2n) is 4.95. The van der Waals surface area contributed by atoms with E-state index in [1.807, 2.05) is 37.3 Å². The highest BCUT2D eigenvalue weighted by atomic mass is 16.6. The third kappa shape index (κ3) is 3.24. The van der Waals surface area contributed by atoms with Gasteiger partial charge < -0.3 is 11.1 Å². The third-order valence-electron chi connectivity index (χ3n) is 3.19. The summed E-state index contributed by atoms with van der Waals surface area (Å²) < 4.78 is 0. The number of nitrogens with one attached hydrogen (secondary N) is 1. The van der Waals surface area contributed by atoms with Gasteiger partial charge in [-0.2, -0.15) is 4.98 Å². The molecule has 3 N–H and O–H groups in total. The van der Waals surface area contributed by atoms with Gasteiger partial charge in [-0.25, -0.2) is 15.0 Å². The van der Waals surface area contributed by atoms with Crippen molar-refractivity contribution in [2.24, 2.45) is 0 Å². The minimum absolute atomic E-state index is 0.178. The summed E-state index contributed by atoms with van der Waals surface area (Å²) in [6.45, 7) is 1.90. The molecule has 0 atom stereocenters. The number of nitrogen functional groups attached to an aromatic ring is 1. The van der Waals surface area contributed by atoms with Crippen molar-refractivity contribution in [2.75, 3.05) is 11.1 Å². The zero-order valence-corrected chi connectivity index (χ0v) is 12.7. The fourth-order valence-electron chi connectivity index (χ4n) is 2.01. The molecule has 0 fully saturated rings. The van der Waals surface area contributed by atoms with Gasteiger partial charge in [-0.05, 0) is 37.3 Å². The zero-order valence-electron chi connectivity index (χ0n) is 12.7.